The Bertz CT molecular complexity index is 1100. The van der Waals surface area contributed by atoms with Crippen LogP contribution in [0.15, 0.2) is 71.1 Å². The van der Waals surface area contributed by atoms with Gasteiger partial charge >= 0.3 is 0 Å². The van der Waals surface area contributed by atoms with Crippen LogP contribution in [-0.4, -0.2) is 35.5 Å². The first-order valence-corrected chi connectivity index (χ1v) is 9.36. The number of anilines is 1. The predicted octanol–water partition coefficient (Wildman–Crippen LogP) is 3.79. The topological polar surface area (TPSA) is 96.0 Å². The number of aryl methyl sites for hydroxylation is 2. The molecule has 0 saturated heterocycles. The highest BCUT2D eigenvalue weighted by Gasteiger charge is 2.12. The number of pyridine rings is 1. The fourth-order valence-electron chi connectivity index (χ4n) is 3.14. The molecule has 2 aromatic carbocycles. The highest BCUT2D eigenvalue weighted by atomic mass is 16.1. The molecule has 1 amide bonds. The van der Waals surface area contributed by atoms with Crippen LogP contribution in [0.1, 0.15) is 27.0 Å². The van der Waals surface area contributed by atoms with Crippen molar-refractivity contribution in [3.05, 3.63) is 83.2 Å². The number of amidine groups is 1. The van der Waals surface area contributed by atoms with E-state index in [1.165, 1.54) is 5.01 Å². The van der Waals surface area contributed by atoms with Crippen molar-refractivity contribution >= 4 is 24.1 Å². The average molecular weight is 400 g/mol. The van der Waals surface area contributed by atoms with Crippen LogP contribution in [0.3, 0.4) is 0 Å². The molecule has 3 N–H and O–H groups in total. The Morgan fingerprint density at radius 2 is 1.83 bits per heavy atom. The molecule has 0 saturated carbocycles. The lowest BCUT2D eigenvalue weighted by Crippen LogP contribution is -2.23. The number of amides is 1. The van der Waals surface area contributed by atoms with E-state index in [1.54, 1.807) is 25.5 Å². The van der Waals surface area contributed by atoms with Crippen LogP contribution < -0.4 is 11.2 Å². The molecule has 0 atom stereocenters. The fourth-order valence-corrected chi connectivity index (χ4v) is 3.14. The van der Waals surface area contributed by atoms with Crippen molar-refractivity contribution < 1.29 is 4.79 Å². The van der Waals surface area contributed by atoms with E-state index in [4.69, 9.17) is 5.84 Å². The van der Waals surface area contributed by atoms with Gasteiger partial charge in [-0.15, -0.1) is 0 Å². The van der Waals surface area contributed by atoms with Gasteiger partial charge in [-0.2, -0.15) is 10.2 Å². The minimum Gasteiger partial charge on any atom is -0.322 e. The quantitative estimate of drug-likeness (QED) is 0.295. The molecule has 0 unspecified atom stereocenters. The highest BCUT2D eigenvalue weighted by Crippen LogP contribution is 2.27. The van der Waals surface area contributed by atoms with E-state index >= 15 is 0 Å². The van der Waals surface area contributed by atoms with Crippen LogP contribution >= 0.6 is 0 Å². The third-order valence-corrected chi connectivity index (χ3v) is 4.86. The van der Waals surface area contributed by atoms with E-state index < -0.39 is 0 Å². The first-order valence-electron chi connectivity index (χ1n) is 9.36. The highest BCUT2D eigenvalue weighted by molar-refractivity contribution is 6.05. The molecule has 0 spiro atoms. The van der Waals surface area contributed by atoms with E-state index in [-0.39, 0.29) is 5.91 Å². The second-order valence-electron chi connectivity index (χ2n) is 6.87. The summed E-state index contributed by atoms with van der Waals surface area (Å²) in [6, 6.07) is 15.4. The van der Waals surface area contributed by atoms with Crippen molar-refractivity contribution in [2.75, 3.05) is 12.4 Å². The van der Waals surface area contributed by atoms with Crippen molar-refractivity contribution in [3.8, 4) is 11.1 Å². The van der Waals surface area contributed by atoms with Crippen molar-refractivity contribution in [3.63, 3.8) is 0 Å². The van der Waals surface area contributed by atoms with Crippen molar-refractivity contribution in [1.82, 2.24) is 9.99 Å². The Morgan fingerprint density at radius 1 is 1.10 bits per heavy atom. The molecule has 3 rings (SSSR count). The summed E-state index contributed by atoms with van der Waals surface area (Å²) in [4.78, 5) is 16.5. The van der Waals surface area contributed by atoms with Crippen LogP contribution in [0.2, 0.25) is 0 Å². The number of aromatic nitrogens is 1. The summed E-state index contributed by atoms with van der Waals surface area (Å²) in [5.41, 5.74) is 6.13. The molecular formula is C23H24N6O. The Balaban J connectivity index is 1.86. The molecule has 1 aromatic heterocycles. The van der Waals surface area contributed by atoms with Crippen molar-refractivity contribution in [2.45, 2.75) is 13.8 Å². The zero-order chi connectivity index (χ0) is 21.7. The van der Waals surface area contributed by atoms with Gasteiger partial charge in [0, 0.05) is 43.0 Å². The number of nitrogens with one attached hydrogen (secondary N) is 1. The Labute approximate surface area is 175 Å². The van der Waals surface area contributed by atoms with Crippen LogP contribution in [0.25, 0.3) is 11.1 Å². The molecule has 3 aromatic rings. The van der Waals surface area contributed by atoms with Crippen LogP contribution in [0.5, 0.6) is 0 Å². The summed E-state index contributed by atoms with van der Waals surface area (Å²) in [5.74, 6) is 5.90. The number of hydrazone groups is 2. The van der Waals surface area contributed by atoms with Crippen molar-refractivity contribution in [1.29, 1.82) is 0 Å². The van der Waals surface area contributed by atoms with E-state index in [0.717, 1.165) is 27.8 Å². The molecule has 0 aliphatic carbocycles. The van der Waals surface area contributed by atoms with Crippen LogP contribution in [0, 0.1) is 13.8 Å². The maximum atomic E-state index is 12.5. The van der Waals surface area contributed by atoms with Gasteiger partial charge in [0.15, 0.2) is 5.84 Å². The van der Waals surface area contributed by atoms with E-state index in [0.29, 0.717) is 17.1 Å². The molecule has 0 radical (unpaired) electrons. The molecule has 152 valence electrons. The molecule has 7 nitrogen and oxygen atoms in total. The number of hydrogen-bond donors (Lipinski definition) is 2. The third-order valence-electron chi connectivity index (χ3n) is 4.86. The van der Waals surface area contributed by atoms with Gasteiger partial charge in [0.2, 0.25) is 0 Å². The third kappa shape index (κ3) is 4.35. The summed E-state index contributed by atoms with van der Waals surface area (Å²) < 4.78 is 0. The normalized spacial score (nSPS) is 11.1. The van der Waals surface area contributed by atoms with Gasteiger partial charge in [-0.3, -0.25) is 9.78 Å². The summed E-state index contributed by atoms with van der Waals surface area (Å²) in [6.07, 6.45) is 3.28. The Kier molecular flexibility index (Phi) is 6.22. The van der Waals surface area contributed by atoms with Crippen molar-refractivity contribution in [2.24, 2.45) is 16.0 Å². The van der Waals surface area contributed by atoms with Gasteiger partial charge in [0.1, 0.15) is 0 Å². The largest absolute Gasteiger partial charge is 0.322 e. The zero-order valence-corrected chi connectivity index (χ0v) is 17.3. The van der Waals surface area contributed by atoms with Crippen LogP contribution in [0.4, 0.5) is 5.69 Å². The lowest BCUT2D eigenvalue weighted by molar-refractivity contribution is 0.102. The first-order chi connectivity index (χ1) is 14.4. The number of nitrogens with two attached hydrogens (primary N) is 1. The SMILES string of the molecule is C=NN(C)/C(=N\N)c1ccc(C)c(-c2ccc(NC(=O)c3ccncc3C)cc2)c1. The zero-order valence-electron chi connectivity index (χ0n) is 17.3. The number of rotatable bonds is 5. The molecule has 7 heteroatoms. The van der Waals surface area contributed by atoms with Gasteiger partial charge < -0.3 is 11.2 Å². The molecule has 0 aliphatic heterocycles. The van der Waals surface area contributed by atoms with Gasteiger partial charge in [0.05, 0.1) is 0 Å². The Hall–Kier alpha value is -4.00. The summed E-state index contributed by atoms with van der Waals surface area (Å²) in [6.45, 7) is 7.41. The monoisotopic (exact) mass is 400 g/mol. The van der Waals surface area contributed by atoms with Gasteiger partial charge in [-0.1, -0.05) is 24.3 Å². The summed E-state index contributed by atoms with van der Waals surface area (Å²) in [7, 11) is 1.74. The summed E-state index contributed by atoms with van der Waals surface area (Å²) >= 11 is 0. The number of carbonyl (C=O) groups excluding carboxylic acids is 1. The van der Waals surface area contributed by atoms with Gasteiger partial charge in [-0.05, 0) is 60.4 Å². The standard InChI is InChI=1S/C23H24N6O/c1-15-5-6-18(22(28-24)29(4)25-3)13-21(15)17-7-9-19(10-8-17)27-23(30)20-11-12-26-14-16(20)2/h5-14H,3,24H2,1-2,4H3,(H,27,30)/b28-22-. The molecule has 0 aliphatic rings. The maximum Gasteiger partial charge on any atom is 0.256 e. The lowest BCUT2D eigenvalue weighted by atomic mass is 9.97. The first kappa shape index (κ1) is 20.7. The number of benzene rings is 2. The number of hydrogen-bond acceptors (Lipinski definition) is 5. The summed E-state index contributed by atoms with van der Waals surface area (Å²) in [5, 5.41) is 12.1. The molecular weight excluding hydrogens is 376 g/mol. The smallest absolute Gasteiger partial charge is 0.256 e. The minimum absolute atomic E-state index is 0.162. The average Bonchev–Trinajstić information content (AvgIpc) is 2.76. The maximum absolute atomic E-state index is 12.5. The molecule has 30 heavy (non-hydrogen) atoms. The number of nitrogens with zero attached hydrogens (tertiary/aromatic N) is 4. The van der Waals surface area contributed by atoms with E-state index in [9.17, 15) is 4.79 Å². The molecule has 0 bridgehead atoms. The van der Waals surface area contributed by atoms with Crippen LogP contribution in [-0.2, 0) is 0 Å². The van der Waals surface area contributed by atoms with Gasteiger partial charge in [-0.25, -0.2) is 5.01 Å². The minimum atomic E-state index is -0.162. The predicted molar refractivity (Wildman–Crippen MR) is 122 cm³/mol. The lowest BCUT2D eigenvalue weighted by Gasteiger charge is -2.16. The Morgan fingerprint density at radius 3 is 2.47 bits per heavy atom. The molecule has 0 fully saturated rings. The van der Waals surface area contributed by atoms with E-state index in [2.05, 4.69) is 27.2 Å². The second kappa shape index (κ2) is 9.00. The number of carbonyl (C=O) groups is 1. The van der Waals surface area contributed by atoms with Gasteiger partial charge in [0.25, 0.3) is 5.91 Å². The van der Waals surface area contributed by atoms with E-state index in [1.807, 2.05) is 56.3 Å². The fraction of sp³-hybridized carbons (Fsp3) is 0.130. The molecule has 1 heterocycles. The second-order valence-corrected chi connectivity index (χ2v) is 6.87.